The lowest BCUT2D eigenvalue weighted by molar-refractivity contribution is -0.149. The smallest absolute Gasteiger partial charge is 0.308 e. The molecule has 1 saturated carbocycles. The summed E-state index contributed by atoms with van der Waals surface area (Å²) in [6.45, 7) is 0. The van der Waals surface area contributed by atoms with Crippen molar-refractivity contribution < 1.29 is 9.53 Å². The molecule has 0 aromatic heterocycles. The monoisotopic (exact) mass is 180 g/mol. The number of hydrogen-bond acceptors (Lipinski definition) is 4. The van der Waals surface area contributed by atoms with Gasteiger partial charge in [0.1, 0.15) is 0 Å². The highest BCUT2D eigenvalue weighted by atomic mass is 35.5. The van der Waals surface area contributed by atoms with Crippen LogP contribution < -0.4 is 11.3 Å². The molecular weight excluding hydrogens is 168 g/mol. The largest absolute Gasteiger partial charge is 0.469 e. The Morgan fingerprint density at radius 2 is 2.18 bits per heavy atom. The molecule has 0 aromatic carbocycles. The second-order valence-electron chi connectivity index (χ2n) is 2.56. The van der Waals surface area contributed by atoms with Gasteiger partial charge in [-0.3, -0.25) is 16.1 Å². The van der Waals surface area contributed by atoms with Crippen molar-refractivity contribution >= 4 is 18.4 Å². The average molecular weight is 181 g/mol. The first-order valence-electron chi connectivity index (χ1n) is 3.32. The highest BCUT2D eigenvalue weighted by Gasteiger charge is 2.34. The van der Waals surface area contributed by atoms with E-state index in [1.807, 2.05) is 0 Å². The van der Waals surface area contributed by atoms with E-state index >= 15 is 0 Å². The van der Waals surface area contributed by atoms with Crippen molar-refractivity contribution in [2.24, 2.45) is 11.8 Å². The van der Waals surface area contributed by atoms with E-state index in [0.717, 1.165) is 12.8 Å². The lowest BCUT2D eigenvalue weighted by Gasteiger charge is -2.32. The number of hydrogen-bond donors (Lipinski definition) is 2. The molecule has 11 heavy (non-hydrogen) atoms. The van der Waals surface area contributed by atoms with Crippen molar-refractivity contribution in [3.05, 3.63) is 0 Å². The Hall–Kier alpha value is -0.320. The zero-order valence-electron chi connectivity index (χ0n) is 6.37. The van der Waals surface area contributed by atoms with Crippen LogP contribution in [0.15, 0.2) is 0 Å². The minimum atomic E-state index is -0.119. The predicted molar refractivity (Wildman–Crippen MR) is 43.1 cm³/mol. The molecule has 5 heteroatoms. The van der Waals surface area contributed by atoms with Gasteiger partial charge in [0.15, 0.2) is 0 Å². The van der Waals surface area contributed by atoms with Gasteiger partial charge in [0, 0.05) is 6.04 Å². The molecule has 1 rings (SSSR count). The van der Waals surface area contributed by atoms with Crippen LogP contribution in [0.4, 0.5) is 0 Å². The first-order valence-corrected chi connectivity index (χ1v) is 3.32. The SMILES string of the molecule is COC(=O)C1CC(NN)C1.Cl. The second kappa shape index (κ2) is 4.54. The van der Waals surface area contributed by atoms with Gasteiger partial charge in [-0.25, -0.2) is 0 Å². The van der Waals surface area contributed by atoms with Crippen LogP contribution >= 0.6 is 12.4 Å². The molecule has 0 unspecified atom stereocenters. The third-order valence-electron chi connectivity index (χ3n) is 1.91. The van der Waals surface area contributed by atoms with Crippen LogP contribution in [0.3, 0.4) is 0 Å². The quantitative estimate of drug-likeness (QED) is 0.352. The molecule has 0 atom stereocenters. The Labute approximate surface area is 71.8 Å². The number of hydrazine groups is 1. The van der Waals surface area contributed by atoms with Gasteiger partial charge in [-0.1, -0.05) is 0 Å². The molecule has 1 fully saturated rings. The highest BCUT2D eigenvalue weighted by molar-refractivity contribution is 5.85. The number of methoxy groups -OCH3 is 1. The molecule has 4 nitrogen and oxygen atoms in total. The van der Waals surface area contributed by atoms with Crippen LogP contribution in [-0.2, 0) is 9.53 Å². The lowest BCUT2D eigenvalue weighted by Crippen LogP contribution is -2.47. The molecule has 0 aromatic rings. The van der Waals surface area contributed by atoms with E-state index in [1.54, 1.807) is 0 Å². The van der Waals surface area contributed by atoms with Gasteiger partial charge in [0.05, 0.1) is 13.0 Å². The van der Waals surface area contributed by atoms with Gasteiger partial charge in [-0.05, 0) is 12.8 Å². The van der Waals surface area contributed by atoms with Crippen LogP contribution in [0.2, 0.25) is 0 Å². The number of nitrogens with one attached hydrogen (secondary N) is 1. The summed E-state index contributed by atoms with van der Waals surface area (Å²) in [5.41, 5.74) is 2.60. The van der Waals surface area contributed by atoms with E-state index in [9.17, 15) is 4.79 Å². The molecule has 0 spiro atoms. The third-order valence-corrected chi connectivity index (χ3v) is 1.91. The highest BCUT2D eigenvalue weighted by Crippen LogP contribution is 2.27. The van der Waals surface area contributed by atoms with E-state index in [-0.39, 0.29) is 24.3 Å². The first kappa shape index (κ1) is 10.7. The number of carbonyl (C=O) groups is 1. The Bertz CT molecular complexity index is 137. The maximum atomic E-state index is 10.8. The van der Waals surface area contributed by atoms with E-state index in [4.69, 9.17) is 5.84 Å². The zero-order chi connectivity index (χ0) is 7.56. The average Bonchev–Trinajstić information content (AvgIpc) is 1.85. The van der Waals surface area contributed by atoms with Crippen LogP contribution in [0.5, 0.6) is 0 Å². The van der Waals surface area contributed by atoms with Crippen LogP contribution in [0.1, 0.15) is 12.8 Å². The van der Waals surface area contributed by atoms with Crippen LogP contribution in [-0.4, -0.2) is 19.1 Å². The van der Waals surface area contributed by atoms with Gasteiger partial charge < -0.3 is 4.74 Å². The third kappa shape index (κ3) is 2.32. The summed E-state index contributed by atoms with van der Waals surface area (Å²) in [6.07, 6.45) is 1.62. The molecular formula is C6H13ClN2O2. The van der Waals surface area contributed by atoms with Crippen molar-refractivity contribution in [1.82, 2.24) is 5.43 Å². The summed E-state index contributed by atoms with van der Waals surface area (Å²) in [5.74, 6) is 5.09. The predicted octanol–water partition coefficient (Wildman–Crippen LogP) is -0.177. The summed E-state index contributed by atoms with van der Waals surface area (Å²) < 4.78 is 4.54. The van der Waals surface area contributed by atoms with Crippen molar-refractivity contribution in [2.45, 2.75) is 18.9 Å². The van der Waals surface area contributed by atoms with Gasteiger partial charge in [0.2, 0.25) is 0 Å². The Kier molecular flexibility index (Phi) is 4.40. The zero-order valence-corrected chi connectivity index (χ0v) is 7.19. The normalized spacial score (nSPS) is 28.2. The van der Waals surface area contributed by atoms with Crippen LogP contribution in [0, 0.1) is 5.92 Å². The van der Waals surface area contributed by atoms with Crippen molar-refractivity contribution in [3.8, 4) is 0 Å². The fraction of sp³-hybridized carbons (Fsp3) is 0.833. The molecule has 0 saturated heterocycles. The number of halogens is 1. The molecule has 0 bridgehead atoms. The summed E-state index contributed by atoms with van der Waals surface area (Å²) >= 11 is 0. The molecule has 1 aliphatic carbocycles. The minimum absolute atomic E-state index is 0. The van der Waals surface area contributed by atoms with Gasteiger partial charge in [0.25, 0.3) is 0 Å². The van der Waals surface area contributed by atoms with Gasteiger partial charge >= 0.3 is 5.97 Å². The number of ether oxygens (including phenoxy) is 1. The minimum Gasteiger partial charge on any atom is -0.469 e. The Balaban J connectivity index is 0.000001000. The summed E-state index contributed by atoms with van der Waals surface area (Å²) in [7, 11) is 1.41. The fourth-order valence-corrected chi connectivity index (χ4v) is 1.11. The maximum absolute atomic E-state index is 10.8. The summed E-state index contributed by atoms with van der Waals surface area (Å²) in [6, 6.07) is 0.309. The fourth-order valence-electron chi connectivity index (χ4n) is 1.11. The van der Waals surface area contributed by atoms with Crippen LogP contribution in [0.25, 0.3) is 0 Å². The molecule has 0 aliphatic heterocycles. The van der Waals surface area contributed by atoms with Gasteiger partial charge in [-0.15, -0.1) is 12.4 Å². The summed E-state index contributed by atoms with van der Waals surface area (Å²) in [4.78, 5) is 10.8. The molecule has 0 radical (unpaired) electrons. The van der Waals surface area contributed by atoms with Crippen molar-refractivity contribution in [2.75, 3.05) is 7.11 Å². The summed E-state index contributed by atoms with van der Waals surface area (Å²) in [5, 5.41) is 0. The van der Waals surface area contributed by atoms with Gasteiger partial charge in [-0.2, -0.15) is 0 Å². The van der Waals surface area contributed by atoms with E-state index in [2.05, 4.69) is 10.2 Å². The number of esters is 1. The number of carbonyl (C=O) groups excluding carboxylic acids is 1. The van der Waals surface area contributed by atoms with E-state index in [0.29, 0.717) is 6.04 Å². The Morgan fingerprint density at radius 3 is 2.55 bits per heavy atom. The lowest BCUT2D eigenvalue weighted by atomic mass is 9.81. The molecule has 1 aliphatic rings. The van der Waals surface area contributed by atoms with Crippen molar-refractivity contribution in [1.29, 1.82) is 0 Å². The maximum Gasteiger partial charge on any atom is 0.308 e. The standard InChI is InChI=1S/C6H12N2O2.ClH/c1-10-6(9)4-2-5(3-4)8-7;/h4-5,8H,2-3,7H2,1H3;1H. The van der Waals surface area contributed by atoms with E-state index < -0.39 is 0 Å². The molecule has 66 valence electrons. The molecule has 0 heterocycles. The number of nitrogens with two attached hydrogens (primary N) is 1. The molecule has 0 amide bonds. The molecule has 3 N–H and O–H groups in total. The second-order valence-corrected chi connectivity index (χ2v) is 2.56. The van der Waals surface area contributed by atoms with E-state index in [1.165, 1.54) is 7.11 Å². The van der Waals surface area contributed by atoms with Crippen molar-refractivity contribution in [3.63, 3.8) is 0 Å². The topological polar surface area (TPSA) is 64.3 Å². The first-order chi connectivity index (χ1) is 4.77. The Morgan fingerprint density at radius 1 is 1.64 bits per heavy atom. The number of rotatable bonds is 2.